The fourth-order valence-electron chi connectivity index (χ4n) is 2.00. The molecule has 0 spiro atoms. The zero-order valence-electron chi connectivity index (χ0n) is 13.0. The highest BCUT2D eigenvalue weighted by atomic mass is 35.5. The van der Waals surface area contributed by atoms with Crippen LogP contribution in [0.1, 0.15) is 15.9 Å². The summed E-state index contributed by atoms with van der Waals surface area (Å²) in [5, 5.41) is 3.08. The summed E-state index contributed by atoms with van der Waals surface area (Å²) in [4.78, 5) is 23.2. The van der Waals surface area contributed by atoms with Crippen molar-refractivity contribution in [2.45, 2.75) is 6.54 Å². The van der Waals surface area contributed by atoms with Gasteiger partial charge in [-0.15, -0.1) is 0 Å². The van der Waals surface area contributed by atoms with Crippen LogP contribution in [0.2, 0.25) is 5.02 Å². The van der Waals surface area contributed by atoms with Crippen molar-refractivity contribution < 1.29 is 19.1 Å². The number of primary amides is 1. The van der Waals surface area contributed by atoms with Gasteiger partial charge in [0.25, 0.3) is 11.8 Å². The number of hydrogen-bond donors (Lipinski definition) is 2. The number of halogens is 1. The third kappa shape index (κ3) is 4.89. The normalized spacial score (nSPS) is 10.1. The Labute approximate surface area is 144 Å². The van der Waals surface area contributed by atoms with E-state index in [1.807, 2.05) is 24.3 Å². The van der Waals surface area contributed by atoms with E-state index >= 15 is 0 Å². The summed E-state index contributed by atoms with van der Waals surface area (Å²) in [5.74, 6) is -0.0822. The lowest BCUT2D eigenvalue weighted by Crippen LogP contribution is -2.28. The molecule has 0 aliphatic carbocycles. The molecule has 2 amide bonds. The van der Waals surface area contributed by atoms with E-state index in [1.165, 1.54) is 12.1 Å². The second kappa shape index (κ2) is 8.21. The molecule has 0 saturated heterocycles. The second-order valence-electron chi connectivity index (χ2n) is 4.92. The second-order valence-corrected chi connectivity index (χ2v) is 5.36. The Kier molecular flexibility index (Phi) is 6.03. The zero-order valence-corrected chi connectivity index (χ0v) is 13.8. The minimum atomic E-state index is -0.677. The molecule has 0 radical (unpaired) electrons. The molecule has 0 unspecified atom stereocenters. The Bertz CT molecular complexity index is 749. The number of hydrogen-bond acceptors (Lipinski definition) is 4. The monoisotopic (exact) mass is 348 g/mol. The first-order chi connectivity index (χ1) is 11.5. The van der Waals surface area contributed by atoms with Gasteiger partial charge in [0, 0.05) is 11.6 Å². The highest BCUT2D eigenvalue weighted by Gasteiger charge is 2.12. The summed E-state index contributed by atoms with van der Waals surface area (Å²) < 4.78 is 10.5. The third-order valence-corrected chi connectivity index (χ3v) is 3.42. The van der Waals surface area contributed by atoms with Crippen LogP contribution in [0.3, 0.4) is 0 Å². The molecule has 0 aromatic heterocycles. The van der Waals surface area contributed by atoms with Crippen LogP contribution in [0.15, 0.2) is 42.5 Å². The van der Waals surface area contributed by atoms with E-state index in [-0.39, 0.29) is 23.8 Å². The molecule has 126 valence electrons. The van der Waals surface area contributed by atoms with E-state index in [1.54, 1.807) is 13.2 Å². The summed E-state index contributed by atoms with van der Waals surface area (Å²) >= 11 is 5.81. The van der Waals surface area contributed by atoms with Crippen LogP contribution in [0, 0.1) is 0 Å². The number of methoxy groups -OCH3 is 1. The van der Waals surface area contributed by atoms with Crippen LogP contribution >= 0.6 is 11.6 Å². The van der Waals surface area contributed by atoms with Crippen LogP contribution in [-0.4, -0.2) is 25.5 Å². The van der Waals surface area contributed by atoms with E-state index in [4.69, 9.17) is 26.8 Å². The summed E-state index contributed by atoms with van der Waals surface area (Å²) in [6.45, 7) is 0.0918. The van der Waals surface area contributed by atoms with Gasteiger partial charge < -0.3 is 20.5 Å². The smallest absolute Gasteiger partial charge is 0.258 e. The van der Waals surface area contributed by atoms with Gasteiger partial charge in [0.1, 0.15) is 11.5 Å². The highest BCUT2D eigenvalue weighted by molar-refractivity contribution is 6.31. The molecule has 24 heavy (non-hydrogen) atoms. The first-order valence-corrected chi connectivity index (χ1v) is 7.49. The first kappa shape index (κ1) is 17.6. The number of amides is 2. The van der Waals surface area contributed by atoms with Crippen LogP contribution < -0.4 is 20.5 Å². The predicted molar refractivity (Wildman–Crippen MR) is 90.3 cm³/mol. The van der Waals surface area contributed by atoms with Gasteiger partial charge in [-0.1, -0.05) is 23.7 Å². The molecule has 0 bridgehead atoms. The number of ether oxygens (including phenoxy) is 2. The Morgan fingerprint density at radius 3 is 2.71 bits per heavy atom. The molecule has 2 aromatic rings. The molecule has 2 rings (SSSR count). The van der Waals surface area contributed by atoms with Gasteiger partial charge in [0.05, 0.1) is 12.7 Å². The third-order valence-electron chi connectivity index (χ3n) is 3.19. The van der Waals surface area contributed by atoms with E-state index in [0.717, 1.165) is 5.56 Å². The number of benzene rings is 2. The standard InChI is InChI=1S/C17H17ClN2O4/c1-23-13-4-2-3-11(7-13)9-20-16(21)10-24-15-6-5-12(18)8-14(15)17(19)22/h2-8H,9-10H2,1H3,(H2,19,22)(H,20,21). The molecule has 0 aliphatic rings. The van der Waals surface area contributed by atoms with E-state index in [9.17, 15) is 9.59 Å². The molecular weight excluding hydrogens is 332 g/mol. The van der Waals surface area contributed by atoms with Gasteiger partial charge in [-0.2, -0.15) is 0 Å². The Balaban J connectivity index is 1.90. The topological polar surface area (TPSA) is 90.7 Å². The summed E-state index contributed by atoms with van der Waals surface area (Å²) in [7, 11) is 1.58. The van der Waals surface area contributed by atoms with E-state index < -0.39 is 5.91 Å². The lowest BCUT2D eigenvalue weighted by atomic mass is 10.2. The molecule has 0 atom stereocenters. The maximum absolute atomic E-state index is 11.9. The predicted octanol–water partition coefficient (Wildman–Crippen LogP) is 2.14. The molecule has 0 aliphatic heterocycles. The molecule has 3 N–H and O–H groups in total. The van der Waals surface area contributed by atoms with Crippen LogP contribution in [0.4, 0.5) is 0 Å². The van der Waals surface area contributed by atoms with Crippen LogP contribution in [0.5, 0.6) is 11.5 Å². The fraction of sp³-hybridized carbons (Fsp3) is 0.176. The van der Waals surface area contributed by atoms with Gasteiger partial charge in [-0.3, -0.25) is 9.59 Å². The lowest BCUT2D eigenvalue weighted by molar-refractivity contribution is -0.123. The van der Waals surface area contributed by atoms with Crippen molar-refractivity contribution in [3.63, 3.8) is 0 Å². The quantitative estimate of drug-likeness (QED) is 0.802. The molecular formula is C17H17ClN2O4. The van der Waals surface area contributed by atoms with Crippen molar-refractivity contribution in [2.24, 2.45) is 5.73 Å². The fourth-order valence-corrected chi connectivity index (χ4v) is 2.17. The van der Waals surface area contributed by atoms with Gasteiger partial charge in [0.2, 0.25) is 0 Å². The minimum Gasteiger partial charge on any atom is -0.497 e. The SMILES string of the molecule is COc1cccc(CNC(=O)COc2ccc(Cl)cc2C(N)=O)c1. The maximum atomic E-state index is 11.9. The Morgan fingerprint density at radius 1 is 1.21 bits per heavy atom. The van der Waals surface area contributed by atoms with Crippen molar-refractivity contribution in [2.75, 3.05) is 13.7 Å². The molecule has 0 heterocycles. The van der Waals surface area contributed by atoms with E-state index in [2.05, 4.69) is 5.32 Å². The maximum Gasteiger partial charge on any atom is 0.258 e. The van der Waals surface area contributed by atoms with Gasteiger partial charge in [0.15, 0.2) is 6.61 Å². The Morgan fingerprint density at radius 2 is 2.00 bits per heavy atom. The number of carbonyl (C=O) groups excluding carboxylic acids is 2. The average Bonchev–Trinajstić information content (AvgIpc) is 2.58. The molecule has 2 aromatic carbocycles. The van der Waals surface area contributed by atoms with Crippen molar-refractivity contribution >= 4 is 23.4 Å². The van der Waals surface area contributed by atoms with Crippen LogP contribution in [-0.2, 0) is 11.3 Å². The van der Waals surface area contributed by atoms with Crippen molar-refractivity contribution in [1.29, 1.82) is 0 Å². The number of carbonyl (C=O) groups is 2. The van der Waals surface area contributed by atoms with E-state index in [0.29, 0.717) is 17.3 Å². The number of rotatable bonds is 7. The van der Waals surface area contributed by atoms with Gasteiger partial charge >= 0.3 is 0 Å². The van der Waals surface area contributed by atoms with Crippen molar-refractivity contribution in [3.05, 3.63) is 58.6 Å². The average molecular weight is 349 g/mol. The molecule has 0 saturated carbocycles. The zero-order chi connectivity index (χ0) is 17.5. The highest BCUT2D eigenvalue weighted by Crippen LogP contribution is 2.22. The molecule has 0 fully saturated rings. The Hall–Kier alpha value is -2.73. The minimum absolute atomic E-state index is 0.128. The van der Waals surface area contributed by atoms with Crippen molar-refractivity contribution in [1.82, 2.24) is 5.32 Å². The van der Waals surface area contributed by atoms with Gasteiger partial charge in [-0.25, -0.2) is 0 Å². The summed E-state index contributed by atoms with van der Waals surface area (Å²) in [6.07, 6.45) is 0. The van der Waals surface area contributed by atoms with Crippen LogP contribution in [0.25, 0.3) is 0 Å². The molecule has 6 nitrogen and oxygen atoms in total. The molecule has 7 heteroatoms. The summed E-state index contributed by atoms with van der Waals surface area (Å²) in [5.41, 5.74) is 6.29. The lowest BCUT2D eigenvalue weighted by Gasteiger charge is -2.10. The van der Waals surface area contributed by atoms with Crippen molar-refractivity contribution in [3.8, 4) is 11.5 Å². The first-order valence-electron chi connectivity index (χ1n) is 7.11. The number of nitrogens with one attached hydrogen (secondary N) is 1. The van der Waals surface area contributed by atoms with Gasteiger partial charge in [-0.05, 0) is 35.9 Å². The summed E-state index contributed by atoms with van der Waals surface area (Å²) in [6, 6.07) is 11.8. The number of nitrogens with two attached hydrogens (primary N) is 1. The largest absolute Gasteiger partial charge is 0.497 e.